The van der Waals surface area contributed by atoms with Crippen LogP contribution in [0.1, 0.15) is 16.1 Å². The van der Waals surface area contributed by atoms with Gasteiger partial charge in [0.15, 0.2) is 5.69 Å². The molecule has 2 heterocycles. The molecule has 0 aromatic carbocycles. The van der Waals surface area contributed by atoms with E-state index in [2.05, 4.69) is 15.2 Å². The van der Waals surface area contributed by atoms with Gasteiger partial charge in [-0.05, 0) is 24.6 Å². The van der Waals surface area contributed by atoms with Gasteiger partial charge < -0.3 is 5.11 Å². The van der Waals surface area contributed by atoms with Crippen LogP contribution >= 0.6 is 0 Å². The van der Waals surface area contributed by atoms with Gasteiger partial charge in [0.25, 0.3) is 0 Å². The first kappa shape index (κ1) is 9.39. The molecule has 0 amide bonds. The molecule has 2 aromatic rings. The lowest BCUT2D eigenvalue weighted by atomic mass is 10.1. The van der Waals surface area contributed by atoms with Crippen LogP contribution in [0.5, 0.6) is 0 Å². The summed E-state index contributed by atoms with van der Waals surface area (Å²) in [7, 11) is 0. The molecule has 0 unspecified atom stereocenters. The van der Waals surface area contributed by atoms with E-state index in [4.69, 9.17) is 5.11 Å². The predicted octanol–water partition coefficient (Wildman–Crippen LogP) is 1.48. The zero-order valence-corrected chi connectivity index (χ0v) is 8.06. The maximum Gasteiger partial charge on any atom is 0.354 e. The molecule has 0 saturated heterocycles. The topological polar surface area (TPSA) is 78.9 Å². The highest BCUT2D eigenvalue weighted by Gasteiger charge is 2.14. The number of nitrogens with one attached hydrogen (secondary N) is 1. The summed E-state index contributed by atoms with van der Waals surface area (Å²) in [5, 5.41) is 15.0. The van der Waals surface area contributed by atoms with Crippen LogP contribution in [0.25, 0.3) is 11.3 Å². The molecule has 2 N–H and O–H groups in total. The number of aromatic nitrogens is 3. The summed E-state index contributed by atoms with van der Waals surface area (Å²) in [5.74, 6) is -1.04. The van der Waals surface area contributed by atoms with Crippen molar-refractivity contribution in [1.82, 2.24) is 15.2 Å². The fourth-order valence-corrected chi connectivity index (χ4v) is 1.33. The number of hydrogen-bond acceptors (Lipinski definition) is 3. The number of pyridine rings is 1. The van der Waals surface area contributed by atoms with Crippen LogP contribution in [0.2, 0.25) is 0 Å². The van der Waals surface area contributed by atoms with Gasteiger partial charge >= 0.3 is 5.97 Å². The number of aromatic carboxylic acids is 1. The van der Waals surface area contributed by atoms with E-state index in [0.717, 1.165) is 5.56 Å². The molecule has 0 aliphatic rings. The summed E-state index contributed by atoms with van der Waals surface area (Å²) in [6, 6.07) is 3.67. The SMILES string of the molecule is Cc1ccnc(-c2cn[nH]c2C(=O)O)c1. The lowest BCUT2D eigenvalue weighted by Gasteiger charge is -1.99. The van der Waals surface area contributed by atoms with Gasteiger partial charge in [0, 0.05) is 6.20 Å². The molecular weight excluding hydrogens is 194 g/mol. The summed E-state index contributed by atoms with van der Waals surface area (Å²) in [6.45, 7) is 1.92. The van der Waals surface area contributed by atoms with Crippen LogP contribution in [-0.4, -0.2) is 26.3 Å². The molecule has 0 radical (unpaired) electrons. The number of aryl methyl sites for hydroxylation is 1. The highest BCUT2D eigenvalue weighted by Crippen LogP contribution is 2.20. The van der Waals surface area contributed by atoms with Crippen molar-refractivity contribution in [3.05, 3.63) is 35.8 Å². The van der Waals surface area contributed by atoms with Gasteiger partial charge in [0.2, 0.25) is 0 Å². The van der Waals surface area contributed by atoms with Gasteiger partial charge in [-0.15, -0.1) is 0 Å². The Morgan fingerprint density at radius 3 is 3.00 bits per heavy atom. The van der Waals surface area contributed by atoms with E-state index in [0.29, 0.717) is 11.3 Å². The second kappa shape index (κ2) is 3.53. The Balaban J connectivity index is 2.54. The first-order chi connectivity index (χ1) is 7.18. The fourth-order valence-electron chi connectivity index (χ4n) is 1.33. The molecule has 0 atom stereocenters. The molecular formula is C10H9N3O2. The molecule has 0 saturated carbocycles. The maximum atomic E-state index is 10.8. The molecule has 2 aromatic heterocycles. The minimum atomic E-state index is -1.04. The molecule has 0 bridgehead atoms. The molecule has 2 rings (SSSR count). The quantitative estimate of drug-likeness (QED) is 0.774. The normalized spacial score (nSPS) is 10.2. The van der Waals surface area contributed by atoms with Crippen LogP contribution in [0.3, 0.4) is 0 Å². The van der Waals surface area contributed by atoms with Gasteiger partial charge in [-0.25, -0.2) is 4.79 Å². The lowest BCUT2D eigenvalue weighted by molar-refractivity contribution is 0.0691. The third-order valence-electron chi connectivity index (χ3n) is 2.04. The second-order valence-electron chi connectivity index (χ2n) is 3.18. The van der Waals surface area contributed by atoms with Gasteiger partial charge in [-0.1, -0.05) is 0 Å². The lowest BCUT2D eigenvalue weighted by Crippen LogP contribution is -1.99. The number of carboxylic acid groups (broad SMARTS) is 1. The van der Waals surface area contributed by atoms with Gasteiger partial charge in [0.05, 0.1) is 17.5 Å². The van der Waals surface area contributed by atoms with Crippen molar-refractivity contribution in [2.45, 2.75) is 6.92 Å². The Morgan fingerprint density at radius 1 is 1.53 bits per heavy atom. The Bertz CT molecular complexity index is 505. The number of hydrogen-bond donors (Lipinski definition) is 2. The molecule has 0 aliphatic heterocycles. The molecule has 76 valence electrons. The average Bonchev–Trinajstić information content (AvgIpc) is 2.65. The van der Waals surface area contributed by atoms with Crippen molar-refractivity contribution in [3.8, 4) is 11.3 Å². The van der Waals surface area contributed by atoms with Gasteiger partial charge in [0.1, 0.15) is 0 Å². The highest BCUT2D eigenvalue weighted by molar-refractivity contribution is 5.93. The molecule has 15 heavy (non-hydrogen) atoms. The summed E-state index contributed by atoms with van der Waals surface area (Å²) in [4.78, 5) is 14.9. The van der Waals surface area contributed by atoms with Crippen molar-refractivity contribution >= 4 is 5.97 Å². The number of aromatic amines is 1. The second-order valence-corrected chi connectivity index (χ2v) is 3.18. The Labute approximate surface area is 85.8 Å². The van der Waals surface area contributed by atoms with Crippen molar-refractivity contribution in [2.24, 2.45) is 0 Å². The van der Waals surface area contributed by atoms with Gasteiger partial charge in [-0.2, -0.15) is 5.10 Å². The summed E-state index contributed by atoms with van der Waals surface area (Å²) < 4.78 is 0. The van der Waals surface area contributed by atoms with Crippen LogP contribution in [0, 0.1) is 6.92 Å². The van der Waals surface area contributed by atoms with Crippen LogP contribution < -0.4 is 0 Å². The van der Waals surface area contributed by atoms with Crippen molar-refractivity contribution < 1.29 is 9.90 Å². The molecule has 5 nitrogen and oxygen atoms in total. The largest absolute Gasteiger partial charge is 0.477 e. The monoisotopic (exact) mass is 203 g/mol. The number of nitrogens with zero attached hydrogens (tertiary/aromatic N) is 2. The average molecular weight is 203 g/mol. The minimum Gasteiger partial charge on any atom is -0.477 e. The molecule has 0 spiro atoms. The van der Waals surface area contributed by atoms with Crippen molar-refractivity contribution in [1.29, 1.82) is 0 Å². The van der Waals surface area contributed by atoms with Crippen LogP contribution in [-0.2, 0) is 0 Å². The van der Waals surface area contributed by atoms with E-state index < -0.39 is 5.97 Å². The smallest absolute Gasteiger partial charge is 0.354 e. The van der Waals surface area contributed by atoms with E-state index in [1.54, 1.807) is 6.20 Å². The number of carboxylic acids is 1. The van der Waals surface area contributed by atoms with E-state index in [9.17, 15) is 4.79 Å². The molecule has 0 aliphatic carbocycles. The zero-order chi connectivity index (χ0) is 10.8. The minimum absolute atomic E-state index is 0.0631. The standard InChI is InChI=1S/C10H9N3O2/c1-6-2-3-11-8(4-6)7-5-12-13-9(7)10(14)15/h2-5H,1H3,(H,12,13)(H,14,15). The Morgan fingerprint density at radius 2 is 2.33 bits per heavy atom. The first-order valence-electron chi connectivity index (χ1n) is 4.38. The third-order valence-corrected chi connectivity index (χ3v) is 2.04. The summed E-state index contributed by atoms with van der Waals surface area (Å²) in [6.07, 6.45) is 3.11. The summed E-state index contributed by atoms with van der Waals surface area (Å²) in [5.41, 5.74) is 2.21. The van der Waals surface area contributed by atoms with E-state index in [1.807, 2.05) is 19.1 Å². The van der Waals surface area contributed by atoms with E-state index >= 15 is 0 Å². The molecule has 0 fully saturated rings. The van der Waals surface area contributed by atoms with E-state index in [-0.39, 0.29) is 5.69 Å². The predicted molar refractivity (Wildman–Crippen MR) is 53.5 cm³/mol. The van der Waals surface area contributed by atoms with Crippen LogP contribution in [0.4, 0.5) is 0 Å². The van der Waals surface area contributed by atoms with Gasteiger partial charge in [-0.3, -0.25) is 10.1 Å². The first-order valence-corrected chi connectivity index (χ1v) is 4.38. The highest BCUT2D eigenvalue weighted by atomic mass is 16.4. The van der Waals surface area contributed by atoms with Crippen LogP contribution in [0.15, 0.2) is 24.5 Å². The van der Waals surface area contributed by atoms with Crippen molar-refractivity contribution in [3.63, 3.8) is 0 Å². The number of H-pyrrole nitrogens is 1. The number of rotatable bonds is 2. The zero-order valence-electron chi connectivity index (χ0n) is 8.06. The summed E-state index contributed by atoms with van der Waals surface area (Å²) >= 11 is 0. The third kappa shape index (κ3) is 1.71. The maximum absolute atomic E-state index is 10.8. The molecule has 5 heteroatoms. The fraction of sp³-hybridized carbons (Fsp3) is 0.100. The van der Waals surface area contributed by atoms with Crippen molar-refractivity contribution in [2.75, 3.05) is 0 Å². The Hall–Kier alpha value is -2.17. The Kier molecular flexibility index (Phi) is 2.21. The van der Waals surface area contributed by atoms with E-state index in [1.165, 1.54) is 6.20 Å². The number of carbonyl (C=O) groups is 1.